The lowest BCUT2D eigenvalue weighted by Gasteiger charge is -2.34. The van der Waals surface area contributed by atoms with Crippen molar-refractivity contribution >= 4 is 23.4 Å². The van der Waals surface area contributed by atoms with Gasteiger partial charge in [0.05, 0.1) is 19.7 Å². The lowest BCUT2D eigenvalue weighted by atomic mass is 10.2. The number of para-hydroxylation sites is 1. The number of hydrogen-bond donors (Lipinski definition) is 2. The third-order valence-electron chi connectivity index (χ3n) is 5.43. The molecule has 3 amide bonds. The van der Waals surface area contributed by atoms with Gasteiger partial charge in [-0.2, -0.15) is 0 Å². The second kappa shape index (κ2) is 12.6. The topological polar surface area (TPSA) is 91.0 Å². The Labute approximate surface area is 194 Å². The standard InChI is InChI=1S/C25H32N4O4/c1-2-3-17-33-22-11-9-20(10-12-22)25(32)26-18-24(31)29-15-13-28(14-16-29)19-23(30)27-21-7-5-4-6-8-21/h4-12H,2-3,13-19H2,1H3,(H,26,32)(H,27,30). The molecule has 8 heteroatoms. The maximum absolute atomic E-state index is 12.5. The molecule has 2 N–H and O–H groups in total. The highest BCUT2D eigenvalue weighted by molar-refractivity contribution is 5.96. The van der Waals surface area contributed by atoms with Gasteiger partial charge in [0.1, 0.15) is 5.75 Å². The van der Waals surface area contributed by atoms with Crippen LogP contribution in [0.2, 0.25) is 0 Å². The number of carbonyl (C=O) groups is 3. The SMILES string of the molecule is CCCCOc1ccc(C(=O)NCC(=O)N2CCN(CC(=O)Nc3ccccc3)CC2)cc1. The third kappa shape index (κ3) is 7.91. The van der Waals surface area contributed by atoms with E-state index in [-0.39, 0.29) is 30.8 Å². The van der Waals surface area contributed by atoms with Crippen LogP contribution in [-0.2, 0) is 9.59 Å². The quantitative estimate of drug-likeness (QED) is 0.540. The van der Waals surface area contributed by atoms with Crippen LogP contribution in [0.4, 0.5) is 5.69 Å². The molecular weight excluding hydrogens is 420 g/mol. The summed E-state index contributed by atoms with van der Waals surface area (Å²) in [5.74, 6) is 0.234. The molecule has 0 spiro atoms. The first-order chi connectivity index (χ1) is 16.0. The fourth-order valence-electron chi connectivity index (χ4n) is 3.49. The highest BCUT2D eigenvalue weighted by Gasteiger charge is 2.22. The molecule has 8 nitrogen and oxygen atoms in total. The van der Waals surface area contributed by atoms with Gasteiger partial charge >= 0.3 is 0 Å². The van der Waals surface area contributed by atoms with E-state index < -0.39 is 0 Å². The Bertz CT molecular complexity index is 910. The number of hydrogen-bond acceptors (Lipinski definition) is 5. The maximum Gasteiger partial charge on any atom is 0.251 e. The van der Waals surface area contributed by atoms with E-state index in [2.05, 4.69) is 17.6 Å². The van der Waals surface area contributed by atoms with E-state index in [4.69, 9.17) is 4.74 Å². The summed E-state index contributed by atoms with van der Waals surface area (Å²) in [6.45, 7) is 5.26. The van der Waals surface area contributed by atoms with E-state index in [1.807, 2.05) is 35.2 Å². The first-order valence-electron chi connectivity index (χ1n) is 11.4. The highest BCUT2D eigenvalue weighted by atomic mass is 16.5. The van der Waals surface area contributed by atoms with Crippen molar-refractivity contribution in [2.75, 3.05) is 51.2 Å². The van der Waals surface area contributed by atoms with Crippen LogP contribution in [0.1, 0.15) is 30.1 Å². The van der Waals surface area contributed by atoms with E-state index in [0.29, 0.717) is 38.3 Å². The summed E-state index contributed by atoms with van der Waals surface area (Å²) in [6, 6.07) is 16.2. The fraction of sp³-hybridized carbons (Fsp3) is 0.400. The predicted octanol–water partition coefficient (Wildman–Crippen LogP) is 2.38. The fourth-order valence-corrected chi connectivity index (χ4v) is 3.49. The van der Waals surface area contributed by atoms with Crippen molar-refractivity contribution in [1.82, 2.24) is 15.1 Å². The number of piperazine rings is 1. The van der Waals surface area contributed by atoms with Gasteiger partial charge in [-0.15, -0.1) is 0 Å². The molecule has 3 rings (SSSR count). The number of benzene rings is 2. The van der Waals surface area contributed by atoms with E-state index in [9.17, 15) is 14.4 Å². The zero-order valence-electron chi connectivity index (χ0n) is 19.1. The van der Waals surface area contributed by atoms with Crippen LogP contribution in [0.3, 0.4) is 0 Å². The number of anilines is 1. The zero-order valence-corrected chi connectivity index (χ0v) is 19.1. The van der Waals surface area contributed by atoms with Gasteiger partial charge < -0.3 is 20.3 Å². The third-order valence-corrected chi connectivity index (χ3v) is 5.43. The Balaban J connectivity index is 1.36. The molecule has 1 saturated heterocycles. The number of nitrogens with zero attached hydrogens (tertiary/aromatic N) is 2. The first kappa shape index (κ1) is 24.3. The van der Waals surface area contributed by atoms with Gasteiger partial charge in [0.25, 0.3) is 5.91 Å². The van der Waals surface area contributed by atoms with Crippen LogP contribution in [0, 0.1) is 0 Å². The van der Waals surface area contributed by atoms with Crippen molar-refractivity contribution in [1.29, 1.82) is 0 Å². The van der Waals surface area contributed by atoms with Gasteiger partial charge in [0.2, 0.25) is 11.8 Å². The Morgan fingerprint density at radius 2 is 1.64 bits per heavy atom. The minimum atomic E-state index is -0.292. The van der Waals surface area contributed by atoms with E-state index >= 15 is 0 Å². The molecule has 0 unspecified atom stereocenters. The smallest absolute Gasteiger partial charge is 0.251 e. The summed E-state index contributed by atoms with van der Waals surface area (Å²) in [4.78, 5) is 40.8. The summed E-state index contributed by atoms with van der Waals surface area (Å²) >= 11 is 0. The van der Waals surface area contributed by atoms with Gasteiger partial charge in [-0.25, -0.2) is 0 Å². The number of unbranched alkanes of at least 4 members (excludes halogenated alkanes) is 1. The Morgan fingerprint density at radius 3 is 2.30 bits per heavy atom. The monoisotopic (exact) mass is 452 g/mol. The second-order valence-corrected chi connectivity index (χ2v) is 7.98. The van der Waals surface area contributed by atoms with Gasteiger partial charge in [-0.05, 0) is 42.8 Å². The lowest BCUT2D eigenvalue weighted by molar-refractivity contribution is -0.132. The van der Waals surface area contributed by atoms with Crippen LogP contribution in [0.25, 0.3) is 0 Å². The molecule has 0 bridgehead atoms. The van der Waals surface area contributed by atoms with Crippen LogP contribution in [0.15, 0.2) is 54.6 Å². The Kier molecular flexibility index (Phi) is 9.26. The molecule has 2 aromatic carbocycles. The maximum atomic E-state index is 12.5. The van der Waals surface area contributed by atoms with E-state index in [1.165, 1.54) is 0 Å². The molecule has 1 fully saturated rings. The molecule has 0 saturated carbocycles. The van der Waals surface area contributed by atoms with Crippen molar-refractivity contribution in [2.45, 2.75) is 19.8 Å². The molecule has 0 radical (unpaired) electrons. The van der Waals surface area contributed by atoms with Crippen LogP contribution in [0.5, 0.6) is 5.75 Å². The number of ether oxygens (including phenoxy) is 1. The lowest BCUT2D eigenvalue weighted by Crippen LogP contribution is -2.52. The summed E-state index contributed by atoms with van der Waals surface area (Å²) in [6.07, 6.45) is 2.05. The first-order valence-corrected chi connectivity index (χ1v) is 11.4. The van der Waals surface area contributed by atoms with E-state index in [0.717, 1.165) is 24.3 Å². The Hall–Kier alpha value is -3.39. The number of nitrogens with one attached hydrogen (secondary N) is 2. The molecular formula is C25H32N4O4. The molecule has 0 atom stereocenters. The van der Waals surface area contributed by atoms with Crippen molar-refractivity contribution in [2.24, 2.45) is 0 Å². The Morgan fingerprint density at radius 1 is 0.939 bits per heavy atom. The average molecular weight is 453 g/mol. The molecule has 2 aromatic rings. The minimum Gasteiger partial charge on any atom is -0.494 e. The summed E-state index contributed by atoms with van der Waals surface area (Å²) in [5.41, 5.74) is 1.26. The van der Waals surface area contributed by atoms with Gasteiger partial charge in [-0.1, -0.05) is 31.5 Å². The van der Waals surface area contributed by atoms with Gasteiger partial charge in [0.15, 0.2) is 0 Å². The highest BCUT2D eigenvalue weighted by Crippen LogP contribution is 2.13. The average Bonchev–Trinajstić information content (AvgIpc) is 2.84. The zero-order chi connectivity index (χ0) is 23.5. The molecule has 33 heavy (non-hydrogen) atoms. The van der Waals surface area contributed by atoms with Crippen molar-refractivity contribution < 1.29 is 19.1 Å². The van der Waals surface area contributed by atoms with Gasteiger partial charge in [0, 0.05) is 37.4 Å². The normalized spacial score (nSPS) is 13.9. The number of amides is 3. The molecule has 176 valence electrons. The number of rotatable bonds is 10. The second-order valence-electron chi connectivity index (χ2n) is 7.98. The number of carbonyl (C=O) groups excluding carboxylic acids is 3. The minimum absolute atomic E-state index is 0.0535. The summed E-state index contributed by atoms with van der Waals surface area (Å²) < 4.78 is 5.60. The molecule has 0 aromatic heterocycles. The van der Waals surface area contributed by atoms with Crippen molar-refractivity contribution in [3.05, 3.63) is 60.2 Å². The van der Waals surface area contributed by atoms with Crippen molar-refractivity contribution in [3.63, 3.8) is 0 Å². The van der Waals surface area contributed by atoms with Gasteiger partial charge in [-0.3, -0.25) is 19.3 Å². The molecule has 1 aliphatic rings. The van der Waals surface area contributed by atoms with Crippen LogP contribution in [-0.4, -0.2) is 73.4 Å². The van der Waals surface area contributed by atoms with Crippen LogP contribution < -0.4 is 15.4 Å². The molecule has 1 aliphatic heterocycles. The predicted molar refractivity (Wildman–Crippen MR) is 127 cm³/mol. The summed E-state index contributed by atoms with van der Waals surface area (Å²) in [5, 5.41) is 5.56. The summed E-state index contributed by atoms with van der Waals surface area (Å²) in [7, 11) is 0. The van der Waals surface area contributed by atoms with E-state index in [1.54, 1.807) is 29.2 Å². The molecule has 1 heterocycles. The molecule has 0 aliphatic carbocycles. The largest absolute Gasteiger partial charge is 0.494 e. The van der Waals surface area contributed by atoms with Crippen molar-refractivity contribution in [3.8, 4) is 5.75 Å². The van der Waals surface area contributed by atoms with Crippen LogP contribution >= 0.6 is 0 Å².